The van der Waals surface area contributed by atoms with Gasteiger partial charge >= 0.3 is 0 Å². The van der Waals surface area contributed by atoms with Crippen molar-refractivity contribution in [3.8, 4) is 5.69 Å². The van der Waals surface area contributed by atoms with Crippen molar-refractivity contribution in [2.45, 2.75) is 33.4 Å². The Labute approximate surface area is 213 Å². The molecule has 0 saturated carbocycles. The summed E-state index contributed by atoms with van der Waals surface area (Å²) < 4.78 is 2.96. The minimum absolute atomic E-state index is 0.0546. The summed E-state index contributed by atoms with van der Waals surface area (Å²) >= 11 is 2.91. The number of benzene rings is 2. The zero-order valence-corrected chi connectivity index (χ0v) is 21.6. The molecule has 1 amide bonds. The van der Waals surface area contributed by atoms with Crippen LogP contribution in [0.3, 0.4) is 0 Å². The summed E-state index contributed by atoms with van der Waals surface area (Å²) in [5.74, 6) is 0.413. The molecule has 8 heteroatoms. The second-order valence-corrected chi connectivity index (χ2v) is 10.8. The van der Waals surface area contributed by atoms with Gasteiger partial charge < -0.3 is 4.57 Å². The Kier molecular flexibility index (Phi) is 6.25. The van der Waals surface area contributed by atoms with E-state index in [9.17, 15) is 4.79 Å². The highest BCUT2D eigenvalue weighted by Gasteiger charge is 2.36. The first-order valence-corrected chi connectivity index (χ1v) is 13.0. The molecular weight excluding hydrogens is 474 g/mol. The van der Waals surface area contributed by atoms with Crippen LogP contribution in [0.2, 0.25) is 0 Å². The highest BCUT2D eigenvalue weighted by atomic mass is 32.2. The standard InChI is InChI=1S/C27H25N5OS2/c1-16-10-17(2)12-22(11-16)31-18(3)13-21(19(31)4)14-23-24(28)32-26(29-25(23)33)35-27(30-32)34-15-20-8-6-5-7-9-20/h5-14,28H,15H2,1-4H3/b23-14-,28-24?. The fraction of sp³-hybridized carbons (Fsp3) is 0.185. The molecule has 0 bridgehead atoms. The van der Waals surface area contributed by atoms with Gasteiger partial charge in [0.2, 0.25) is 5.17 Å². The van der Waals surface area contributed by atoms with E-state index in [0.717, 1.165) is 32.8 Å². The number of aromatic nitrogens is 1. The quantitative estimate of drug-likeness (QED) is 0.433. The van der Waals surface area contributed by atoms with Gasteiger partial charge in [0, 0.05) is 22.8 Å². The molecule has 35 heavy (non-hydrogen) atoms. The number of aryl methyl sites for hydroxylation is 3. The van der Waals surface area contributed by atoms with Crippen molar-refractivity contribution in [2.75, 3.05) is 0 Å². The number of nitrogens with one attached hydrogen (secondary N) is 1. The maximum Gasteiger partial charge on any atom is 0.283 e. The lowest BCUT2D eigenvalue weighted by molar-refractivity contribution is -0.114. The summed E-state index contributed by atoms with van der Waals surface area (Å²) in [4.78, 5) is 17.1. The van der Waals surface area contributed by atoms with Crippen molar-refractivity contribution in [3.05, 3.63) is 93.8 Å². The van der Waals surface area contributed by atoms with E-state index in [4.69, 9.17) is 5.41 Å². The van der Waals surface area contributed by atoms with E-state index >= 15 is 0 Å². The Morgan fingerprint density at radius 3 is 2.46 bits per heavy atom. The van der Waals surface area contributed by atoms with Crippen molar-refractivity contribution in [1.29, 1.82) is 5.41 Å². The van der Waals surface area contributed by atoms with Gasteiger partial charge in [-0.2, -0.15) is 10.0 Å². The molecule has 0 saturated heterocycles. The number of amidine groups is 2. The normalized spacial score (nSPS) is 16.6. The molecule has 2 aromatic carbocycles. The monoisotopic (exact) mass is 499 g/mol. The number of rotatable bonds is 4. The number of amides is 1. The van der Waals surface area contributed by atoms with Gasteiger partial charge in [-0.05, 0) is 86.0 Å². The Morgan fingerprint density at radius 1 is 1.03 bits per heavy atom. The van der Waals surface area contributed by atoms with E-state index in [0.29, 0.717) is 5.17 Å². The zero-order chi connectivity index (χ0) is 24.7. The van der Waals surface area contributed by atoms with Gasteiger partial charge in [0.25, 0.3) is 5.91 Å². The molecule has 0 fully saturated rings. The Morgan fingerprint density at radius 2 is 1.74 bits per heavy atom. The largest absolute Gasteiger partial charge is 0.318 e. The van der Waals surface area contributed by atoms with Crippen molar-refractivity contribution < 1.29 is 4.79 Å². The minimum Gasteiger partial charge on any atom is -0.318 e. The van der Waals surface area contributed by atoms with Crippen LogP contribution >= 0.6 is 23.5 Å². The lowest BCUT2D eigenvalue weighted by atomic mass is 10.1. The van der Waals surface area contributed by atoms with Crippen LogP contribution in [-0.4, -0.2) is 30.9 Å². The first-order chi connectivity index (χ1) is 16.8. The molecule has 3 heterocycles. The molecule has 0 unspecified atom stereocenters. The highest BCUT2D eigenvalue weighted by molar-refractivity contribution is 8.45. The predicted octanol–water partition coefficient (Wildman–Crippen LogP) is 6.22. The molecule has 2 aliphatic heterocycles. The third-order valence-corrected chi connectivity index (χ3v) is 7.99. The maximum atomic E-state index is 12.9. The molecule has 176 valence electrons. The second kappa shape index (κ2) is 9.36. The van der Waals surface area contributed by atoms with Gasteiger partial charge in [0.05, 0.1) is 5.57 Å². The van der Waals surface area contributed by atoms with Gasteiger partial charge in [-0.3, -0.25) is 10.2 Å². The molecule has 5 rings (SSSR count). The van der Waals surface area contributed by atoms with E-state index in [2.05, 4.69) is 65.8 Å². The molecule has 3 aromatic rings. The van der Waals surface area contributed by atoms with E-state index in [1.54, 1.807) is 17.8 Å². The average molecular weight is 500 g/mol. The zero-order valence-electron chi connectivity index (χ0n) is 20.0. The van der Waals surface area contributed by atoms with Crippen molar-refractivity contribution in [1.82, 2.24) is 9.58 Å². The van der Waals surface area contributed by atoms with E-state index in [1.165, 1.54) is 33.5 Å². The fourth-order valence-electron chi connectivity index (χ4n) is 4.32. The highest BCUT2D eigenvalue weighted by Crippen LogP contribution is 2.34. The molecule has 0 atom stereocenters. The van der Waals surface area contributed by atoms with Crippen molar-refractivity contribution in [3.63, 3.8) is 0 Å². The third-order valence-electron chi connectivity index (χ3n) is 5.88. The van der Waals surface area contributed by atoms with Crippen LogP contribution in [0.15, 0.2) is 70.3 Å². The molecule has 0 spiro atoms. The van der Waals surface area contributed by atoms with Gasteiger partial charge in [0.1, 0.15) is 0 Å². The Hall–Kier alpha value is -3.36. The number of carbonyl (C=O) groups is 1. The smallest absolute Gasteiger partial charge is 0.283 e. The molecule has 1 aromatic heterocycles. The number of hydrogen-bond acceptors (Lipinski definition) is 5. The number of hydrogen-bond donors (Lipinski definition) is 1. The lowest BCUT2D eigenvalue weighted by Gasteiger charge is -2.20. The van der Waals surface area contributed by atoms with Crippen LogP contribution < -0.4 is 0 Å². The van der Waals surface area contributed by atoms with E-state index in [1.807, 2.05) is 31.2 Å². The molecule has 1 N–H and O–H groups in total. The van der Waals surface area contributed by atoms with Gasteiger partial charge in [-0.1, -0.05) is 48.2 Å². The lowest BCUT2D eigenvalue weighted by Crippen LogP contribution is -2.35. The van der Waals surface area contributed by atoms with Crippen LogP contribution in [-0.2, 0) is 10.5 Å². The summed E-state index contributed by atoms with van der Waals surface area (Å²) in [6.07, 6.45) is 1.77. The molecule has 0 aliphatic carbocycles. The van der Waals surface area contributed by atoms with E-state index in [-0.39, 0.29) is 11.4 Å². The van der Waals surface area contributed by atoms with Crippen LogP contribution in [0.25, 0.3) is 11.8 Å². The van der Waals surface area contributed by atoms with Gasteiger partial charge in [-0.15, -0.1) is 5.10 Å². The average Bonchev–Trinajstić information content (AvgIpc) is 3.35. The first-order valence-electron chi connectivity index (χ1n) is 11.2. The molecular formula is C27H25N5OS2. The fourth-order valence-corrected chi connectivity index (χ4v) is 6.20. The third kappa shape index (κ3) is 4.63. The number of carbonyl (C=O) groups excluding carboxylic acids is 1. The first kappa shape index (κ1) is 23.4. The summed E-state index contributed by atoms with van der Waals surface area (Å²) in [6, 6.07) is 18.6. The molecule has 0 radical (unpaired) electrons. The topological polar surface area (TPSA) is 73.8 Å². The van der Waals surface area contributed by atoms with Gasteiger partial charge in [-0.25, -0.2) is 0 Å². The number of aliphatic imine (C=N–C) groups is 1. The Bertz CT molecular complexity index is 1430. The SMILES string of the molecule is Cc1cc(C)cc(-n2c(C)cc(/C=C3/C(=N)N4N=C(SCc5ccccc5)SC4=NC3=O)c2C)c1. The number of thioether (sulfide) groups is 2. The molecule has 6 nitrogen and oxygen atoms in total. The van der Waals surface area contributed by atoms with Crippen LogP contribution in [0.4, 0.5) is 0 Å². The summed E-state index contributed by atoms with van der Waals surface area (Å²) in [5, 5.41) is 15.2. The van der Waals surface area contributed by atoms with Crippen molar-refractivity contribution in [2.24, 2.45) is 10.1 Å². The van der Waals surface area contributed by atoms with Crippen LogP contribution in [0, 0.1) is 33.1 Å². The van der Waals surface area contributed by atoms with E-state index < -0.39 is 5.91 Å². The van der Waals surface area contributed by atoms with Crippen LogP contribution in [0.1, 0.15) is 33.6 Å². The molecule has 2 aliphatic rings. The summed E-state index contributed by atoms with van der Waals surface area (Å²) in [7, 11) is 0. The Balaban J connectivity index is 1.42. The maximum absolute atomic E-state index is 12.9. The number of fused-ring (bicyclic) bond motifs is 1. The second-order valence-electron chi connectivity index (χ2n) is 8.67. The number of hydrazone groups is 1. The van der Waals surface area contributed by atoms with Crippen molar-refractivity contribution >= 4 is 50.9 Å². The minimum atomic E-state index is -0.408. The van der Waals surface area contributed by atoms with Crippen LogP contribution in [0.5, 0.6) is 0 Å². The number of nitrogens with zero attached hydrogens (tertiary/aromatic N) is 4. The summed E-state index contributed by atoms with van der Waals surface area (Å²) in [6.45, 7) is 8.26. The van der Waals surface area contributed by atoms with Gasteiger partial charge in [0.15, 0.2) is 10.2 Å². The predicted molar refractivity (Wildman–Crippen MR) is 147 cm³/mol. The summed E-state index contributed by atoms with van der Waals surface area (Å²) in [5.41, 5.74) is 7.89.